The number of nitrogens with two attached hydrogens (primary N) is 1. The van der Waals surface area contributed by atoms with Crippen molar-refractivity contribution in [2.75, 3.05) is 19.6 Å². The Kier molecular flexibility index (Phi) is 6.01. The van der Waals surface area contributed by atoms with Crippen LogP contribution in [0, 0.1) is 0 Å². The second-order valence-corrected chi connectivity index (χ2v) is 6.92. The van der Waals surface area contributed by atoms with Crippen molar-refractivity contribution in [3.63, 3.8) is 0 Å². The first-order valence-corrected chi connectivity index (χ1v) is 7.63. The zero-order valence-electron chi connectivity index (χ0n) is 13.7. The lowest BCUT2D eigenvalue weighted by Gasteiger charge is -2.39. The Morgan fingerprint density at radius 1 is 1.29 bits per heavy atom. The summed E-state index contributed by atoms with van der Waals surface area (Å²) in [6, 6.07) is 0. The lowest BCUT2D eigenvalue weighted by atomic mass is 9.84. The maximum atomic E-state index is 12.0. The van der Waals surface area contributed by atoms with Gasteiger partial charge in [-0.05, 0) is 46.5 Å². The normalized spacial score (nSPS) is 18.2. The van der Waals surface area contributed by atoms with E-state index in [-0.39, 0.29) is 17.5 Å². The van der Waals surface area contributed by atoms with Gasteiger partial charge in [-0.3, -0.25) is 4.79 Å². The van der Waals surface area contributed by atoms with Gasteiger partial charge in [-0.15, -0.1) is 0 Å². The minimum Gasteiger partial charge on any atom is -0.444 e. The van der Waals surface area contributed by atoms with Gasteiger partial charge in [0.2, 0.25) is 5.91 Å². The molecule has 6 heteroatoms. The van der Waals surface area contributed by atoms with Crippen LogP contribution in [-0.2, 0) is 9.53 Å². The van der Waals surface area contributed by atoms with Crippen LogP contribution >= 0.6 is 0 Å². The third-order valence-electron chi connectivity index (χ3n) is 3.64. The standard InChI is InChI=1S/C15H29N3O3/c1-12(19)17-9-5-6-15(16)7-10-18(11-8-15)13(20)21-14(2,3)4/h5-11,16H2,1-4H3,(H,17,19). The number of amides is 2. The van der Waals surface area contributed by atoms with Crippen LogP contribution in [0.2, 0.25) is 0 Å². The SMILES string of the molecule is CC(=O)NCCCC1(N)CCN(C(=O)OC(C)(C)C)CC1. The highest BCUT2D eigenvalue weighted by molar-refractivity contribution is 5.72. The molecule has 0 spiro atoms. The van der Waals surface area contributed by atoms with Crippen molar-refractivity contribution in [2.24, 2.45) is 5.73 Å². The van der Waals surface area contributed by atoms with Gasteiger partial charge in [-0.2, -0.15) is 0 Å². The molecular formula is C15H29N3O3. The summed E-state index contributed by atoms with van der Waals surface area (Å²) in [7, 11) is 0. The number of rotatable bonds is 4. The number of likely N-dealkylation sites (tertiary alicyclic amines) is 1. The molecule has 0 radical (unpaired) electrons. The van der Waals surface area contributed by atoms with Gasteiger partial charge < -0.3 is 20.7 Å². The van der Waals surface area contributed by atoms with Gasteiger partial charge in [0.25, 0.3) is 0 Å². The molecule has 21 heavy (non-hydrogen) atoms. The van der Waals surface area contributed by atoms with Crippen LogP contribution in [0.1, 0.15) is 53.4 Å². The predicted molar refractivity (Wildman–Crippen MR) is 81.9 cm³/mol. The molecule has 0 bridgehead atoms. The highest BCUT2D eigenvalue weighted by Crippen LogP contribution is 2.25. The van der Waals surface area contributed by atoms with E-state index >= 15 is 0 Å². The van der Waals surface area contributed by atoms with Crippen LogP contribution < -0.4 is 11.1 Å². The molecule has 0 unspecified atom stereocenters. The largest absolute Gasteiger partial charge is 0.444 e. The van der Waals surface area contributed by atoms with Gasteiger partial charge in [0.15, 0.2) is 0 Å². The van der Waals surface area contributed by atoms with Crippen molar-refractivity contribution in [3.05, 3.63) is 0 Å². The average Bonchev–Trinajstić information content (AvgIpc) is 2.33. The number of nitrogens with one attached hydrogen (secondary N) is 1. The number of carbonyl (C=O) groups is 2. The first kappa shape index (κ1) is 17.8. The third kappa shape index (κ3) is 6.80. The summed E-state index contributed by atoms with van der Waals surface area (Å²) in [5.74, 6) is -0.0131. The fourth-order valence-electron chi connectivity index (χ4n) is 2.42. The quantitative estimate of drug-likeness (QED) is 0.773. The zero-order valence-corrected chi connectivity index (χ0v) is 13.7. The molecule has 122 valence electrons. The number of piperidine rings is 1. The third-order valence-corrected chi connectivity index (χ3v) is 3.64. The van der Waals surface area contributed by atoms with E-state index in [4.69, 9.17) is 10.5 Å². The summed E-state index contributed by atoms with van der Waals surface area (Å²) < 4.78 is 5.37. The Morgan fingerprint density at radius 2 is 1.86 bits per heavy atom. The number of ether oxygens (including phenoxy) is 1. The summed E-state index contributed by atoms with van der Waals surface area (Å²) in [5, 5.41) is 2.78. The maximum Gasteiger partial charge on any atom is 0.410 e. The van der Waals surface area contributed by atoms with E-state index in [0.717, 1.165) is 25.7 Å². The topological polar surface area (TPSA) is 84.7 Å². The molecular weight excluding hydrogens is 270 g/mol. The van der Waals surface area contributed by atoms with Crippen molar-refractivity contribution < 1.29 is 14.3 Å². The molecule has 1 rings (SSSR count). The maximum absolute atomic E-state index is 12.0. The second kappa shape index (κ2) is 7.11. The van der Waals surface area contributed by atoms with Gasteiger partial charge in [0, 0.05) is 32.1 Å². The van der Waals surface area contributed by atoms with Gasteiger partial charge in [-0.1, -0.05) is 0 Å². The first-order valence-electron chi connectivity index (χ1n) is 7.63. The summed E-state index contributed by atoms with van der Waals surface area (Å²) >= 11 is 0. The van der Waals surface area contributed by atoms with Crippen LogP contribution in [0.15, 0.2) is 0 Å². The van der Waals surface area contributed by atoms with Crippen LogP contribution in [0.3, 0.4) is 0 Å². The van der Waals surface area contributed by atoms with E-state index in [1.54, 1.807) is 4.90 Å². The molecule has 1 aliphatic heterocycles. The van der Waals surface area contributed by atoms with Crippen LogP contribution in [0.4, 0.5) is 4.79 Å². The zero-order chi connectivity index (χ0) is 16.1. The minimum atomic E-state index is -0.466. The summed E-state index contributed by atoms with van der Waals surface area (Å²) in [5.41, 5.74) is 5.67. The number of hydrogen-bond donors (Lipinski definition) is 2. The lowest BCUT2D eigenvalue weighted by molar-refractivity contribution is -0.119. The summed E-state index contributed by atoms with van der Waals surface area (Å²) in [4.78, 5) is 24.5. The van der Waals surface area contributed by atoms with E-state index in [2.05, 4.69) is 5.32 Å². The number of hydrogen-bond acceptors (Lipinski definition) is 4. The molecule has 1 fully saturated rings. The van der Waals surface area contributed by atoms with Crippen molar-refractivity contribution in [3.8, 4) is 0 Å². The number of nitrogens with zero attached hydrogens (tertiary/aromatic N) is 1. The fourth-order valence-corrected chi connectivity index (χ4v) is 2.42. The summed E-state index contributed by atoms with van der Waals surface area (Å²) in [6.45, 7) is 9.02. The Balaban J connectivity index is 2.33. The van der Waals surface area contributed by atoms with Crippen molar-refractivity contribution >= 4 is 12.0 Å². The molecule has 6 nitrogen and oxygen atoms in total. The Labute approximate surface area is 127 Å². The van der Waals surface area contributed by atoms with E-state index in [9.17, 15) is 9.59 Å². The molecule has 3 N–H and O–H groups in total. The van der Waals surface area contributed by atoms with Gasteiger partial charge in [0.05, 0.1) is 0 Å². The second-order valence-electron chi connectivity index (χ2n) is 6.92. The Bertz CT molecular complexity index is 369. The van der Waals surface area contributed by atoms with Crippen LogP contribution in [-0.4, -0.2) is 47.7 Å². The molecule has 0 aliphatic carbocycles. The highest BCUT2D eigenvalue weighted by atomic mass is 16.6. The number of carbonyl (C=O) groups excluding carboxylic acids is 2. The Morgan fingerprint density at radius 3 is 2.33 bits per heavy atom. The van der Waals surface area contributed by atoms with E-state index in [1.165, 1.54) is 6.92 Å². The average molecular weight is 299 g/mol. The summed E-state index contributed by atoms with van der Waals surface area (Å²) in [6.07, 6.45) is 3.00. The molecule has 0 aromatic rings. The molecule has 0 aromatic heterocycles. The van der Waals surface area contributed by atoms with E-state index in [1.807, 2.05) is 20.8 Å². The monoisotopic (exact) mass is 299 g/mol. The molecule has 0 atom stereocenters. The first-order chi connectivity index (χ1) is 9.61. The Hall–Kier alpha value is -1.30. The minimum absolute atomic E-state index is 0.0131. The van der Waals surface area contributed by atoms with Gasteiger partial charge >= 0.3 is 6.09 Å². The van der Waals surface area contributed by atoms with E-state index < -0.39 is 5.60 Å². The molecule has 1 saturated heterocycles. The fraction of sp³-hybridized carbons (Fsp3) is 0.867. The van der Waals surface area contributed by atoms with Gasteiger partial charge in [0.1, 0.15) is 5.60 Å². The lowest BCUT2D eigenvalue weighted by Crippen LogP contribution is -2.52. The molecule has 1 heterocycles. The molecule has 0 aromatic carbocycles. The smallest absolute Gasteiger partial charge is 0.410 e. The molecule has 0 saturated carbocycles. The van der Waals surface area contributed by atoms with Crippen molar-refractivity contribution in [1.82, 2.24) is 10.2 Å². The predicted octanol–water partition coefficient (Wildman–Crippen LogP) is 1.63. The van der Waals surface area contributed by atoms with E-state index in [0.29, 0.717) is 19.6 Å². The van der Waals surface area contributed by atoms with Crippen molar-refractivity contribution in [1.29, 1.82) is 0 Å². The van der Waals surface area contributed by atoms with Crippen molar-refractivity contribution in [2.45, 2.75) is 64.5 Å². The highest BCUT2D eigenvalue weighted by Gasteiger charge is 2.33. The molecule has 2 amide bonds. The molecule has 1 aliphatic rings. The van der Waals surface area contributed by atoms with Crippen LogP contribution in [0.25, 0.3) is 0 Å². The van der Waals surface area contributed by atoms with Gasteiger partial charge in [-0.25, -0.2) is 4.79 Å². The van der Waals surface area contributed by atoms with Crippen LogP contribution in [0.5, 0.6) is 0 Å².